The highest BCUT2D eigenvalue weighted by Crippen LogP contribution is 2.21. The molecule has 1 atom stereocenters. The van der Waals surface area contributed by atoms with Gasteiger partial charge in [0.05, 0.1) is 5.37 Å². The molecule has 1 rings (SSSR count). The second-order valence-electron chi connectivity index (χ2n) is 3.62. The summed E-state index contributed by atoms with van der Waals surface area (Å²) in [6, 6.07) is 0. The molecule has 1 saturated heterocycles. The van der Waals surface area contributed by atoms with Crippen LogP contribution in [0.1, 0.15) is 33.1 Å². The van der Waals surface area contributed by atoms with E-state index in [1.165, 1.54) is 0 Å². The van der Waals surface area contributed by atoms with Crippen molar-refractivity contribution >= 4 is 34.2 Å². The number of amides is 1. The molecule has 1 aliphatic heterocycles. The normalized spacial score (nSPS) is 18.0. The maximum Gasteiger partial charge on any atom is 0.223 e. The average molecular weight is 246 g/mol. The molecule has 0 aliphatic carbocycles. The first-order valence-corrected chi connectivity index (χ1v) is 6.68. The van der Waals surface area contributed by atoms with Crippen LogP contribution < -0.4 is 5.32 Å². The molecule has 15 heavy (non-hydrogen) atoms. The SMILES string of the molecule is CCCNC(=S)S[C@H](C)N1CCCC1=O. The van der Waals surface area contributed by atoms with Crippen LogP contribution in [0.4, 0.5) is 0 Å². The number of carbonyl (C=O) groups is 1. The quantitative estimate of drug-likeness (QED) is 0.769. The number of thioether (sulfide) groups is 1. The first-order valence-electron chi connectivity index (χ1n) is 5.39. The summed E-state index contributed by atoms with van der Waals surface area (Å²) in [5.41, 5.74) is 0. The van der Waals surface area contributed by atoms with Crippen LogP contribution >= 0.6 is 24.0 Å². The fraction of sp³-hybridized carbons (Fsp3) is 0.800. The molecule has 1 amide bonds. The molecule has 5 heteroatoms. The Bertz CT molecular complexity index is 246. The number of hydrogen-bond acceptors (Lipinski definition) is 3. The third kappa shape index (κ3) is 3.99. The molecule has 0 aromatic heterocycles. The fourth-order valence-electron chi connectivity index (χ4n) is 1.54. The Kier molecular flexibility index (Phi) is 5.39. The van der Waals surface area contributed by atoms with Gasteiger partial charge in [-0.25, -0.2) is 0 Å². The maximum atomic E-state index is 11.5. The molecule has 0 aromatic carbocycles. The van der Waals surface area contributed by atoms with Crippen molar-refractivity contribution in [2.24, 2.45) is 0 Å². The van der Waals surface area contributed by atoms with E-state index in [2.05, 4.69) is 12.2 Å². The van der Waals surface area contributed by atoms with Gasteiger partial charge in [-0.1, -0.05) is 30.9 Å². The molecule has 0 bridgehead atoms. The number of thiocarbonyl (C=S) groups is 1. The summed E-state index contributed by atoms with van der Waals surface area (Å²) >= 11 is 6.75. The van der Waals surface area contributed by atoms with Gasteiger partial charge in [0.1, 0.15) is 4.32 Å². The van der Waals surface area contributed by atoms with Crippen LogP contribution in [-0.2, 0) is 4.79 Å². The lowest BCUT2D eigenvalue weighted by Gasteiger charge is -2.23. The third-order valence-corrected chi connectivity index (χ3v) is 3.73. The van der Waals surface area contributed by atoms with Gasteiger partial charge in [0.2, 0.25) is 5.91 Å². The zero-order chi connectivity index (χ0) is 11.3. The van der Waals surface area contributed by atoms with Crippen molar-refractivity contribution in [3.63, 3.8) is 0 Å². The molecule has 0 radical (unpaired) electrons. The highest BCUT2D eigenvalue weighted by molar-refractivity contribution is 8.23. The molecule has 1 aliphatic rings. The Morgan fingerprint density at radius 2 is 2.47 bits per heavy atom. The van der Waals surface area contributed by atoms with Gasteiger partial charge in [-0.3, -0.25) is 4.79 Å². The molecule has 0 saturated carbocycles. The van der Waals surface area contributed by atoms with Crippen LogP contribution in [0.25, 0.3) is 0 Å². The maximum absolute atomic E-state index is 11.5. The van der Waals surface area contributed by atoms with Gasteiger partial charge < -0.3 is 10.2 Å². The standard InChI is InChI=1S/C10H18N2OS2/c1-3-6-11-10(14)15-8(2)12-7-4-5-9(12)13/h8H,3-7H2,1-2H3,(H,11,14)/t8-/m1/s1. The largest absolute Gasteiger partial charge is 0.371 e. The number of nitrogens with one attached hydrogen (secondary N) is 1. The van der Waals surface area contributed by atoms with Crippen molar-refractivity contribution < 1.29 is 4.79 Å². The van der Waals surface area contributed by atoms with Crippen LogP contribution in [0.2, 0.25) is 0 Å². The molecule has 1 N–H and O–H groups in total. The smallest absolute Gasteiger partial charge is 0.223 e. The third-order valence-electron chi connectivity index (χ3n) is 2.35. The van der Waals surface area contributed by atoms with Crippen molar-refractivity contribution in [3.8, 4) is 0 Å². The Morgan fingerprint density at radius 1 is 1.73 bits per heavy atom. The Labute approximate surface area is 101 Å². The van der Waals surface area contributed by atoms with Gasteiger partial charge in [0.25, 0.3) is 0 Å². The van der Waals surface area contributed by atoms with E-state index in [-0.39, 0.29) is 11.3 Å². The molecular formula is C10H18N2OS2. The average Bonchev–Trinajstić information content (AvgIpc) is 2.61. The number of nitrogens with zero attached hydrogens (tertiary/aromatic N) is 1. The highest BCUT2D eigenvalue weighted by atomic mass is 32.2. The topological polar surface area (TPSA) is 32.3 Å². The van der Waals surface area contributed by atoms with Gasteiger partial charge in [-0.15, -0.1) is 0 Å². The summed E-state index contributed by atoms with van der Waals surface area (Å²) in [4.78, 5) is 13.4. The predicted molar refractivity (Wildman–Crippen MR) is 68.9 cm³/mol. The summed E-state index contributed by atoms with van der Waals surface area (Å²) in [6.45, 7) is 5.93. The summed E-state index contributed by atoms with van der Waals surface area (Å²) in [7, 11) is 0. The van der Waals surface area contributed by atoms with Crippen LogP contribution in [0, 0.1) is 0 Å². The highest BCUT2D eigenvalue weighted by Gasteiger charge is 2.25. The molecule has 86 valence electrons. The Balaban J connectivity index is 2.31. The lowest BCUT2D eigenvalue weighted by atomic mass is 10.4. The lowest BCUT2D eigenvalue weighted by molar-refractivity contribution is -0.128. The Morgan fingerprint density at radius 3 is 3.00 bits per heavy atom. The van der Waals surface area contributed by atoms with Gasteiger partial charge in [0, 0.05) is 19.5 Å². The van der Waals surface area contributed by atoms with Crippen molar-refractivity contribution in [2.45, 2.75) is 38.5 Å². The van der Waals surface area contributed by atoms with Gasteiger partial charge >= 0.3 is 0 Å². The first kappa shape index (κ1) is 12.8. The summed E-state index contributed by atoms with van der Waals surface area (Å²) in [5, 5.41) is 3.32. The molecule has 1 heterocycles. The second-order valence-corrected chi connectivity index (χ2v) is 5.61. The van der Waals surface area contributed by atoms with Crippen molar-refractivity contribution in [1.82, 2.24) is 10.2 Å². The van der Waals surface area contributed by atoms with Gasteiger partial charge in [0.15, 0.2) is 0 Å². The van der Waals surface area contributed by atoms with E-state index >= 15 is 0 Å². The van der Waals surface area contributed by atoms with E-state index in [1.807, 2.05) is 11.8 Å². The monoisotopic (exact) mass is 246 g/mol. The van der Waals surface area contributed by atoms with Crippen LogP contribution in [0.5, 0.6) is 0 Å². The van der Waals surface area contributed by atoms with Gasteiger partial charge in [-0.05, 0) is 19.8 Å². The molecule has 1 fully saturated rings. The van der Waals surface area contributed by atoms with E-state index in [1.54, 1.807) is 11.8 Å². The van der Waals surface area contributed by atoms with Gasteiger partial charge in [-0.2, -0.15) is 0 Å². The number of likely N-dealkylation sites (tertiary alicyclic amines) is 1. The lowest BCUT2D eigenvalue weighted by Crippen LogP contribution is -2.34. The molecule has 0 aromatic rings. The van der Waals surface area contributed by atoms with E-state index in [9.17, 15) is 4.79 Å². The Hall–Kier alpha value is -0.290. The van der Waals surface area contributed by atoms with Crippen molar-refractivity contribution in [1.29, 1.82) is 0 Å². The van der Waals surface area contributed by atoms with E-state index in [4.69, 9.17) is 12.2 Å². The van der Waals surface area contributed by atoms with Crippen molar-refractivity contribution in [3.05, 3.63) is 0 Å². The minimum Gasteiger partial charge on any atom is -0.371 e. The van der Waals surface area contributed by atoms with E-state index in [0.29, 0.717) is 6.42 Å². The zero-order valence-corrected chi connectivity index (χ0v) is 10.9. The minimum absolute atomic E-state index is 0.164. The van der Waals surface area contributed by atoms with Crippen LogP contribution in [0.3, 0.4) is 0 Å². The first-order chi connectivity index (χ1) is 7.15. The van der Waals surface area contributed by atoms with Crippen LogP contribution in [-0.4, -0.2) is 33.6 Å². The van der Waals surface area contributed by atoms with E-state index in [0.717, 1.165) is 30.3 Å². The molecule has 3 nitrogen and oxygen atoms in total. The minimum atomic E-state index is 0.164. The fourth-order valence-corrected chi connectivity index (χ4v) is 2.91. The second kappa shape index (κ2) is 6.33. The summed E-state index contributed by atoms with van der Waals surface area (Å²) < 4.78 is 0.795. The van der Waals surface area contributed by atoms with Crippen LogP contribution in [0.15, 0.2) is 0 Å². The molecule has 0 unspecified atom stereocenters. The predicted octanol–water partition coefficient (Wildman–Crippen LogP) is 1.97. The summed E-state index contributed by atoms with van der Waals surface area (Å²) in [6.07, 6.45) is 2.75. The zero-order valence-electron chi connectivity index (χ0n) is 9.28. The van der Waals surface area contributed by atoms with E-state index < -0.39 is 0 Å². The summed E-state index contributed by atoms with van der Waals surface area (Å²) in [5.74, 6) is 0.258. The number of hydrogen-bond donors (Lipinski definition) is 1. The molecular weight excluding hydrogens is 228 g/mol. The van der Waals surface area contributed by atoms with Crippen molar-refractivity contribution in [2.75, 3.05) is 13.1 Å². The number of carbonyl (C=O) groups excluding carboxylic acids is 1. The molecule has 0 spiro atoms. The number of rotatable bonds is 4.